The topological polar surface area (TPSA) is 67.1 Å². The molecular weight excluding hydrogens is 252 g/mol. The number of hydrogen-bond donors (Lipinski definition) is 2. The predicted octanol–water partition coefficient (Wildman–Crippen LogP) is 1.12. The second-order valence-electron chi connectivity index (χ2n) is 4.05. The Morgan fingerprint density at radius 2 is 2.15 bits per heavy atom. The van der Waals surface area contributed by atoms with Crippen LogP contribution in [0.5, 0.6) is 0 Å². The molecule has 0 saturated carbocycles. The first-order valence-electron chi connectivity index (χ1n) is 6.35. The maximum atomic E-state index is 4.13. The molecule has 0 aliphatic heterocycles. The SMILES string of the molecule is C=CCNC(=NC)NCc1nncn1-c1ccccc1. The minimum absolute atomic E-state index is 0.533. The van der Waals surface area contributed by atoms with Gasteiger partial charge in [0.1, 0.15) is 6.33 Å². The van der Waals surface area contributed by atoms with Gasteiger partial charge in [-0.1, -0.05) is 24.3 Å². The van der Waals surface area contributed by atoms with E-state index in [4.69, 9.17) is 0 Å². The third-order valence-corrected chi connectivity index (χ3v) is 2.70. The first-order chi connectivity index (χ1) is 9.85. The summed E-state index contributed by atoms with van der Waals surface area (Å²) in [6.07, 6.45) is 3.48. The average Bonchev–Trinajstić information content (AvgIpc) is 2.97. The summed E-state index contributed by atoms with van der Waals surface area (Å²) in [5.41, 5.74) is 1.03. The van der Waals surface area contributed by atoms with Crippen LogP contribution in [0.1, 0.15) is 5.82 Å². The molecule has 0 fully saturated rings. The summed E-state index contributed by atoms with van der Waals surface area (Å²) in [4.78, 5) is 4.12. The van der Waals surface area contributed by atoms with Crippen LogP contribution in [0.25, 0.3) is 5.69 Å². The second-order valence-corrected chi connectivity index (χ2v) is 4.05. The maximum Gasteiger partial charge on any atom is 0.191 e. The average molecular weight is 270 g/mol. The zero-order valence-corrected chi connectivity index (χ0v) is 11.5. The Bertz CT molecular complexity index is 572. The zero-order chi connectivity index (χ0) is 14.2. The van der Waals surface area contributed by atoms with Crippen molar-refractivity contribution in [2.75, 3.05) is 13.6 Å². The molecule has 0 bridgehead atoms. The lowest BCUT2D eigenvalue weighted by molar-refractivity contribution is 0.768. The molecule has 0 radical (unpaired) electrons. The normalized spacial score (nSPS) is 11.2. The van der Waals surface area contributed by atoms with Crippen molar-refractivity contribution in [3.8, 4) is 5.69 Å². The van der Waals surface area contributed by atoms with Gasteiger partial charge in [0, 0.05) is 19.3 Å². The molecular formula is C14H18N6. The smallest absolute Gasteiger partial charge is 0.191 e. The van der Waals surface area contributed by atoms with Gasteiger partial charge >= 0.3 is 0 Å². The lowest BCUT2D eigenvalue weighted by Crippen LogP contribution is -2.37. The van der Waals surface area contributed by atoms with Gasteiger partial charge in [-0.05, 0) is 12.1 Å². The molecule has 1 heterocycles. The van der Waals surface area contributed by atoms with Crippen molar-refractivity contribution in [1.82, 2.24) is 25.4 Å². The Labute approximate surface area is 118 Å². The largest absolute Gasteiger partial charge is 0.353 e. The number of nitrogens with one attached hydrogen (secondary N) is 2. The molecule has 0 aliphatic rings. The number of rotatable bonds is 5. The highest BCUT2D eigenvalue weighted by molar-refractivity contribution is 5.79. The van der Waals surface area contributed by atoms with Crippen LogP contribution in [0.15, 0.2) is 54.3 Å². The van der Waals surface area contributed by atoms with Crippen molar-refractivity contribution in [2.24, 2.45) is 4.99 Å². The van der Waals surface area contributed by atoms with Gasteiger partial charge in [0.2, 0.25) is 0 Å². The molecule has 2 rings (SSSR count). The zero-order valence-electron chi connectivity index (χ0n) is 11.5. The highest BCUT2D eigenvalue weighted by atomic mass is 15.3. The van der Waals surface area contributed by atoms with Crippen LogP contribution in [0, 0.1) is 0 Å². The van der Waals surface area contributed by atoms with Gasteiger partial charge in [-0.2, -0.15) is 0 Å². The fourth-order valence-corrected chi connectivity index (χ4v) is 1.74. The lowest BCUT2D eigenvalue weighted by atomic mass is 10.3. The van der Waals surface area contributed by atoms with Gasteiger partial charge in [0.15, 0.2) is 11.8 Å². The van der Waals surface area contributed by atoms with Gasteiger partial charge in [-0.15, -0.1) is 16.8 Å². The number of aliphatic imine (C=N–C) groups is 1. The number of benzene rings is 1. The van der Waals surface area contributed by atoms with Crippen molar-refractivity contribution >= 4 is 5.96 Å². The summed E-state index contributed by atoms with van der Waals surface area (Å²) >= 11 is 0. The van der Waals surface area contributed by atoms with E-state index in [-0.39, 0.29) is 0 Å². The highest BCUT2D eigenvalue weighted by Gasteiger charge is 2.06. The van der Waals surface area contributed by atoms with E-state index in [1.807, 2.05) is 34.9 Å². The molecule has 1 aromatic heterocycles. The number of nitrogens with zero attached hydrogens (tertiary/aromatic N) is 4. The van der Waals surface area contributed by atoms with E-state index in [0.717, 1.165) is 11.5 Å². The second kappa shape index (κ2) is 7.08. The molecule has 0 saturated heterocycles. The molecule has 104 valence electrons. The van der Waals surface area contributed by atoms with E-state index in [1.54, 1.807) is 19.5 Å². The van der Waals surface area contributed by atoms with Gasteiger partial charge in [0.25, 0.3) is 0 Å². The van der Waals surface area contributed by atoms with E-state index in [0.29, 0.717) is 19.0 Å². The molecule has 0 aliphatic carbocycles. The standard InChI is InChI=1S/C14H18N6/c1-3-9-16-14(15-2)17-10-13-19-18-11-20(13)12-7-5-4-6-8-12/h3-8,11H,1,9-10H2,2H3,(H2,15,16,17). The highest BCUT2D eigenvalue weighted by Crippen LogP contribution is 2.08. The summed E-state index contributed by atoms with van der Waals surface area (Å²) in [7, 11) is 1.72. The monoisotopic (exact) mass is 270 g/mol. The molecule has 2 N–H and O–H groups in total. The third kappa shape index (κ3) is 3.44. The van der Waals surface area contributed by atoms with Crippen molar-refractivity contribution < 1.29 is 0 Å². The number of para-hydroxylation sites is 1. The van der Waals surface area contributed by atoms with Gasteiger partial charge < -0.3 is 10.6 Å². The Hall–Kier alpha value is -2.63. The van der Waals surface area contributed by atoms with E-state index in [2.05, 4.69) is 32.4 Å². The first-order valence-corrected chi connectivity index (χ1v) is 6.35. The molecule has 0 spiro atoms. The molecule has 2 aromatic rings. The number of guanidine groups is 1. The quantitative estimate of drug-likeness (QED) is 0.485. The first kappa shape index (κ1) is 13.8. The van der Waals surface area contributed by atoms with Crippen LogP contribution in [-0.4, -0.2) is 34.3 Å². The number of hydrogen-bond acceptors (Lipinski definition) is 3. The van der Waals surface area contributed by atoms with E-state index in [1.165, 1.54) is 0 Å². The molecule has 6 heteroatoms. The number of aromatic nitrogens is 3. The molecule has 1 aromatic carbocycles. The molecule has 20 heavy (non-hydrogen) atoms. The molecule has 0 amide bonds. The molecule has 0 atom stereocenters. The van der Waals surface area contributed by atoms with E-state index >= 15 is 0 Å². The van der Waals surface area contributed by atoms with Crippen molar-refractivity contribution in [1.29, 1.82) is 0 Å². The fraction of sp³-hybridized carbons (Fsp3) is 0.214. The van der Waals surface area contributed by atoms with Crippen molar-refractivity contribution in [3.05, 3.63) is 55.1 Å². The molecule has 6 nitrogen and oxygen atoms in total. The van der Waals surface area contributed by atoms with Gasteiger partial charge in [0.05, 0.1) is 6.54 Å². The minimum atomic E-state index is 0.533. The summed E-state index contributed by atoms with van der Waals surface area (Å²) in [5, 5.41) is 14.4. The Morgan fingerprint density at radius 1 is 1.35 bits per heavy atom. The van der Waals surface area contributed by atoms with Crippen molar-refractivity contribution in [2.45, 2.75) is 6.54 Å². The fourth-order valence-electron chi connectivity index (χ4n) is 1.74. The molecule has 0 unspecified atom stereocenters. The maximum absolute atomic E-state index is 4.13. The van der Waals surface area contributed by atoms with E-state index in [9.17, 15) is 0 Å². The lowest BCUT2D eigenvalue weighted by Gasteiger charge is -2.11. The van der Waals surface area contributed by atoms with Crippen LogP contribution >= 0.6 is 0 Å². The van der Waals surface area contributed by atoms with Crippen LogP contribution < -0.4 is 10.6 Å². The van der Waals surface area contributed by atoms with Crippen LogP contribution in [0.2, 0.25) is 0 Å². The summed E-state index contributed by atoms with van der Waals surface area (Å²) in [5.74, 6) is 1.52. The van der Waals surface area contributed by atoms with Crippen molar-refractivity contribution in [3.63, 3.8) is 0 Å². The van der Waals surface area contributed by atoms with E-state index < -0.39 is 0 Å². The summed E-state index contributed by atoms with van der Waals surface area (Å²) in [6.45, 7) is 4.85. The van der Waals surface area contributed by atoms with Gasteiger partial charge in [-0.25, -0.2) is 0 Å². The Balaban J connectivity index is 2.04. The Morgan fingerprint density at radius 3 is 2.85 bits per heavy atom. The van der Waals surface area contributed by atoms with Crippen LogP contribution in [-0.2, 0) is 6.54 Å². The summed E-state index contributed by atoms with van der Waals surface area (Å²) in [6, 6.07) is 9.97. The van der Waals surface area contributed by atoms with Crippen LogP contribution in [0.4, 0.5) is 0 Å². The van der Waals surface area contributed by atoms with Crippen LogP contribution in [0.3, 0.4) is 0 Å². The van der Waals surface area contributed by atoms with Gasteiger partial charge in [-0.3, -0.25) is 9.56 Å². The third-order valence-electron chi connectivity index (χ3n) is 2.70. The Kier molecular flexibility index (Phi) is 4.88. The predicted molar refractivity (Wildman–Crippen MR) is 79.8 cm³/mol. The summed E-state index contributed by atoms with van der Waals surface area (Å²) < 4.78 is 1.94. The minimum Gasteiger partial charge on any atom is -0.353 e.